The van der Waals surface area contributed by atoms with Gasteiger partial charge in [0, 0.05) is 12.3 Å². The molecule has 0 amide bonds. The Kier molecular flexibility index (Phi) is 5.70. The maximum Gasteiger partial charge on any atom is 0.338 e. The minimum absolute atomic E-state index is 0.335. The summed E-state index contributed by atoms with van der Waals surface area (Å²) < 4.78 is 4.94. The van der Waals surface area contributed by atoms with E-state index >= 15 is 0 Å². The maximum atomic E-state index is 11.6. The average Bonchev–Trinajstić information content (AvgIpc) is 2.36. The van der Waals surface area contributed by atoms with Gasteiger partial charge < -0.3 is 9.53 Å². The van der Waals surface area contributed by atoms with E-state index in [-0.39, 0.29) is 5.97 Å². The molecule has 0 fully saturated rings. The van der Waals surface area contributed by atoms with Crippen LogP contribution in [0.2, 0.25) is 0 Å². The Morgan fingerprint density at radius 3 is 2.65 bits per heavy atom. The van der Waals surface area contributed by atoms with Gasteiger partial charge in [0.1, 0.15) is 6.29 Å². The van der Waals surface area contributed by atoms with Gasteiger partial charge in [-0.3, -0.25) is 0 Å². The smallest absolute Gasteiger partial charge is 0.338 e. The van der Waals surface area contributed by atoms with Crippen LogP contribution in [0.5, 0.6) is 0 Å². The molecule has 0 spiro atoms. The number of rotatable bonds is 6. The number of carbonyl (C=O) groups excluding carboxylic acids is 2. The molecule has 0 aromatic heterocycles. The van der Waals surface area contributed by atoms with Gasteiger partial charge in [-0.2, -0.15) is 0 Å². The molecule has 0 aliphatic heterocycles. The molecule has 0 saturated heterocycles. The number of aryl methyl sites for hydroxylation is 1. The Morgan fingerprint density at radius 1 is 1.35 bits per heavy atom. The van der Waals surface area contributed by atoms with Crippen molar-refractivity contribution in [3.63, 3.8) is 0 Å². The lowest BCUT2D eigenvalue weighted by atomic mass is 10.0. The first-order valence-electron chi connectivity index (χ1n) is 5.50. The number of hydrogen-bond donors (Lipinski definition) is 0. The molecule has 4 heteroatoms. The van der Waals surface area contributed by atoms with Crippen molar-refractivity contribution in [2.75, 3.05) is 6.61 Å². The van der Waals surface area contributed by atoms with Crippen LogP contribution in [-0.4, -0.2) is 18.9 Å². The first-order chi connectivity index (χ1) is 8.21. The summed E-state index contributed by atoms with van der Waals surface area (Å²) in [6.07, 6.45) is 1.91. The topological polar surface area (TPSA) is 43.4 Å². The molecule has 0 aliphatic rings. The minimum atomic E-state index is -0.355. The van der Waals surface area contributed by atoms with E-state index in [1.165, 1.54) is 0 Å². The van der Waals surface area contributed by atoms with Crippen LogP contribution in [0.1, 0.15) is 34.8 Å². The fourth-order valence-corrected chi connectivity index (χ4v) is 1.70. The van der Waals surface area contributed by atoms with Crippen LogP contribution in [0, 0.1) is 0 Å². The minimum Gasteiger partial charge on any atom is -0.462 e. The summed E-state index contributed by atoms with van der Waals surface area (Å²) in [5.41, 5.74) is 2.28. The van der Waals surface area contributed by atoms with E-state index in [1.807, 2.05) is 6.07 Å². The third kappa shape index (κ3) is 4.19. The second-order valence-electron chi connectivity index (χ2n) is 3.60. The van der Waals surface area contributed by atoms with Crippen LogP contribution in [0.4, 0.5) is 0 Å². The van der Waals surface area contributed by atoms with Gasteiger partial charge in [0.15, 0.2) is 0 Å². The van der Waals surface area contributed by atoms with Gasteiger partial charge in [0.25, 0.3) is 0 Å². The molecule has 1 rings (SSSR count). The van der Waals surface area contributed by atoms with E-state index in [4.69, 9.17) is 16.3 Å². The van der Waals surface area contributed by atoms with Gasteiger partial charge in [0.05, 0.1) is 12.2 Å². The number of esters is 1. The summed E-state index contributed by atoms with van der Waals surface area (Å²) in [4.78, 5) is 21.9. The molecule has 3 nitrogen and oxygen atoms in total. The summed E-state index contributed by atoms with van der Waals surface area (Å²) in [5.74, 6) is -0.0201. The zero-order valence-electron chi connectivity index (χ0n) is 9.74. The lowest BCUT2D eigenvalue weighted by Gasteiger charge is -2.07. The molecule has 0 radical (unpaired) electrons. The number of halogens is 1. The first-order valence-corrected chi connectivity index (χ1v) is 6.04. The van der Waals surface area contributed by atoms with Crippen molar-refractivity contribution in [1.29, 1.82) is 0 Å². The summed E-state index contributed by atoms with van der Waals surface area (Å²) >= 11 is 5.76. The average molecular weight is 255 g/mol. The van der Waals surface area contributed by atoms with E-state index in [9.17, 15) is 9.59 Å². The molecule has 92 valence electrons. The van der Waals surface area contributed by atoms with E-state index in [0.29, 0.717) is 30.9 Å². The highest BCUT2D eigenvalue weighted by atomic mass is 35.5. The number of aldehydes is 1. The van der Waals surface area contributed by atoms with Crippen molar-refractivity contribution >= 4 is 23.9 Å². The quantitative estimate of drug-likeness (QED) is 0.445. The molecule has 17 heavy (non-hydrogen) atoms. The molecule has 1 aromatic carbocycles. The Balaban J connectivity index is 2.95. The van der Waals surface area contributed by atoms with Crippen LogP contribution >= 0.6 is 11.6 Å². The van der Waals surface area contributed by atoms with Crippen molar-refractivity contribution in [3.05, 3.63) is 34.9 Å². The molecule has 0 bridgehead atoms. The van der Waals surface area contributed by atoms with Crippen LogP contribution in [0.25, 0.3) is 0 Å². The predicted molar refractivity (Wildman–Crippen MR) is 66.3 cm³/mol. The van der Waals surface area contributed by atoms with E-state index in [1.54, 1.807) is 19.1 Å². The molecule has 0 heterocycles. The normalized spacial score (nSPS) is 10.0. The van der Waals surface area contributed by atoms with Gasteiger partial charge >= 0.3 is 5.97 Å². The summed E-state index contributed by atoms with van der Waals surface area (Å²) in [6.45, 7) is 2.10. The van der Waals surface area contributed by atoms with Crippen LogP contribution in [0.3, 0.4) is 0 Å². The van der Waals surface area contributed by atoms with Crippen molar-refractivity contribution in [2.24, 2.45) is 0 Å². The molecular weight excluding hydrogens is 240 g/mol. The highest BCUT2D eigenvalue weighted by molar-refractivity contribution is 6.17. The largest absolute Gasteiger partial charge is 0.462 e. The summed E-state index contributed by atoms with van der Waals surface area (Å²) in [7, 11) is 0. The predicted octanol–water partition coefficient (Wildman–Crippen LogP) is 2.73. The first kappa shape index (κ1) is 13.7. The third-order valence-electron chi connectivity index (χ3n) is 2.27. The van der Waals surface area contributed by atoms with Crippen molar-refractivity contribution in [1.82, 2.24) is 0 Å². The Labute approximate surface area is 106 Å². The van der Waals surface area contributed by atoms with Crippen molar-refractivity contribution in [2.45, 2.75) is 25.6 Å². The van der Waals surface area contributed by atoms with E-state index in [0.717, 1.165) is 17.4 Å². The lowest BCUT2D eigenvalue weighted by molar-refractivity contribution is -0.107. The van der Waals surface area contributed by atoms with Gasteiger partial charge in [-0.25, -0.2) is 4.79 Å². The van der Waals surface area contributed by atoms with E-state index < -0.39 is 0 Å². The zero-order valence-corrected chi connectivity index (χ0v) is 10.5. The van der Waals surface area contributed by atoms with E-state index in [2.05, 4.69) is 0 Å². The number of ether oxygens (including phenoxy) is 1. The number of alkyl halides is 1. The van der Waals surface area contributed by atoms with Crippen molar-refractivity contribution < 1.29 is 14.3 Å². The molecule has 0 N–H and O–H groups in total. The third-order valence-corrected chi connectivity index (χ3v) is 2.58. The molecule has 0 unspecified atom stereocenters. The highest BCUT2D eigenvalue weighted by Gasteiger charge is 2.09. The summed E-state index contributed by atoms with van der Waals surface area (Å²) in [5, 5.41) is 0. The second kappa shape index (κ2) is 7.07. The lowest BCUT2D eigenvalue weighted by Crippen LogP contribution is -2.06. The maximum absolute atomic E-state index is 11.6. The molecule has 0 aliphatic carbocycles. The van der Waals surface area contributed by atoms with Crippen LogP contribution < -0.4 is 0 Å². The molecule has 0 atom stereocenters. The fraction of sp³-hybridized carbons (Fsp3) is 0.385. The van der Waals surface area contributed by atoms with Gasteiger partial charge in [0.2, 0.25) is 0 Å². The van der Waals surface area contributed by atoms with Crippen molar-refractivity contribution in [3.8, 4) is 0 Å². The standard InChI is InChI=1S/C13H15ClO3/c1-2-17-13(16)12-7-10(4-3-5-15)6-11(8-12)9-14/h5-8H,2-4,9H2,1H3. The molecule has 0 saturated carbocycles. The van der Waals surface area contributed by atoms with Crippen LogP contribution in [0.15, 0.2) is 18.2 Å². The van der Waals surface area contributed by atoms with Gasteiger partial charge in [-0.05, 0) is 36.6 Å². The molecule has 1 aromatic rings. The second-order valence-corrected chi connectivity index (χ2v) is 3.86. The van der Waals surface area contributed by atoms with Crippen LogP contribution in [-0.2, 0) is 21.8 Å². The SMILES string of the molecule is CCOC(=O)c1cc(CCl)cc(CCC=O)c1. The molecular formula is C13H15ClO3. The Hall–Kier alpha value is -1.35. The number of carbonyl (C=O) groups is 2. The fourth-order valence-electron chi connectivity index (χ4n) is 1.54. The Bertz CT molecular complexity index is 402. The number of hydrogen-bond acceptors (Lipinski definition) is 3. The highest BCUT2D eigenvalue weighted by Crippen LogP contribution is 2.15. The number of benzene rings is 1. The van der Waals surface area contributed by atoms with Gasteiger partial charge in [-0.1, -0.05) is 6.07 Å². The summed E-state index contributed by atoms with van der Waals surface area (Å²) in [6, 6.07) is 5.37. The van der Waals surface area contributed by atoms with Gasteiger partial charge in [-0.15, -0.1) is 11.6 Å². The zero-order chi connectivity index (χ0) is 12.7. The Morgan fingerprint density at radius 2 is 2.06 bits per heavy atom. The monoisotopic (exact) mass is 254 g/mol.